The third kappa shape index (κ3) is 6.26. The minimum absolute atomic E-state index is 0.127. The Labute approximate surface area is 186 Å². The molecule has 1 amide bonds. The number of benzene rings is 1. The van der Waals surface area contributed by atoms with Gasteiger partial charge in [-0.3, -0.25) is 14.7 Å². The molecule has 0 bridgehead atoms. The number of methoxy groups -OCH3 is 2. The van der Waals surface area contributed by atoms with Gasteiger partial charge in [0.05, 0.1) is 20.8 Å². The van der Waals surface area contributed by atoms with Crippen molar-refractivity contribution in [3.05, 3.63) is 23.8 Å². The first-order valence-electron chi connectivity index (χ1n) is 11.1. The number of carbonyl (C=O) groups excluding carboxylic acids is 1. The van der Waals surface area contributed by atoms with E-state index in [0.29, 0.717) is 12.6 Å². The molecule has 0 radical (unpaired) electrons. The molecule has 1 saturated carbocycles. The van der Waals surface area contributed by atoms with Crippen molar-refractivity contribution < 1.29 is 14.3 Å². The zero-order valence-electron chi connectivity index (χ0n) is 19.5. The maximum atomic E-state index is 12.0. The van der Waals surface area contributed by atoms with Crippen molar-refractivity contribution in [2.24, 2.45) is 4.99 Å². The third-order valence-electron chi connectivity index (χ3n) is 6.05. The molecule has 1 aliphatic heterocycles. The Bertz CT molecular complexity index is 783. The number of amides is 1. The van der Waals surface area contributed by atoms with Crippen molar-refractivity contribution in [1.82, 2.24) is 20.4 Å². The molecule has 0 unspecified atom stereocenters. The standard InChI is InChI=1S/C23H37N5O3/c1-23(2,17-6-9-19(30-4)20(14-17)31-5)16-25-22(24-3)28-12-10-27(11-13-28)15-21(29)26-18-7-8-18/h6,9,14,18H,7-8,10-13,15-16H2,1-5H3,(H,24,25)(H,26,29). The molecule has 0 aromatic heterocycles. The van der Waals surface area contributed by atoms with E-state index in [2.05, 4.69) is 45.3 Å². The lowest BCUT2D eigenvalue weighted by molar-refractivity contribution is -0.122. The van der Waals surface area contributed by atoms with Gasteiger partial charge in [0.25, 0.3) is 0 Å². The molecule has 1 heterocycles. The first-order chi connectivity index (χ1) is 14.9. The second kappa shape index (κ2) is 10.2. The van der Waals surface area contributed by atoms with Crippen molar-refractivity contribution in [3.63, 3.8) is 0 Å². The predicted molar refractivity (Wildman–Crippen MR) is 123 cm³/mol. The molecule has 172 valence electrons. The maximum absolute atomic E-state index is 12.0. The summed E-state index contributed by atoms with van der Waals surface area (Å²) in [6, 6.07) is 6.49. The number of carbonyl (C=O) groups is 1. The number of hydrogen-bond acceptors (Lipinski definition) is 5. The molecular weight excluding hydrogens is 394 g/mol. The number of rotatable bonds is 8. The van der Waals surface area contributed by atoms with Gasteiger partial charge in [-0.1, -0.05) is 19.9 Å². The number of ether oxygens (including phenoxy) is 2. The molecule has 0 atom stereocenters. The summed E-state index contributed by atoms with van der Waals surface area (Å²) < 4.78 is 10.8. The molecule has 2 N–H and O–H groups in total. The topological polar surface area (TPSA) is 78.4 Å². The highest BCUT2D eigenvalue weighted by atomic mass is 16.5. The second-order valence-corrected chi connectivity index (χ2v) is 8.96. The summed E-state index contributed by atoms with van der Waals surface area (Å²) in [4.78, 5) is 21.0. The fourth-order valence-corrected chi connectivity index (χ4v) is 3.81. The molecule has 8 heteroatoms. The molecule has 1 saturated heterocycles. The molecule has 1 aromatic carbocycles. The van der Waals surface area contributed by atoms with Crippen LogP contribution in [0.1, 0.15) is 32.3 Å². The zero-order valence-corrected chi connectivity index (χ0v) is 19.5. The van der Waals surface area contributed by atoms with Crippen LogP contribution < -0.4 is 20.1 Å². The zero-order chi connectivity index (χ0) is 22.4. The molecule has 1 aliphatic carbocycles. The predicted octanol–water partition coefficient (Wildman–Crippen LogP) is 1.45. The smallest absolute Gasteiger partial charge is 0.234 e. The van der Waals surface area contributed by atoms with Crippen LogP contribution in [0.25, 0.3) is 0 Å². The number of nitrogens with one attached hydrogen (secondary N) is 2. The first-order valence-corrected chi connectivity index (χ1v) is 11.1. The lowest BCUT2D eigenvalue weighted by atomic mass is 9.84. The average molecular weight is 432 g/mol. The number of nitrogens with zero attached hydrogens (tertiary/aromatic N) is 3. The highest BCUT2D eigenvalue weighted by Crippen LogP contribution is 2.32. The summed E-state index contributed by atoms with van der Waals surface area (Å²) in [5.41, 5.74) is 1.04. The van der Waals surface area contributed by atoms with Crippen molar-refractivity contribution >= 4 is 11.9 Å². The van der Waals surface area contributed by atoms with Gasteiger partial charge in [-0.05, 0) is 30.5 Å². The summed E-state index contributed by atoms with van der Waals surface area (Å²) in [6.07, 6.45) is 2.25. The summed E-state index contributed by atoms with van der Waals surface area (Å²) in [5.74, 6) is 2.51. The summed E-state index contributed by atoms with van der Waals surface area (Å²) >= 11 is 0. The van der Waals surface area contributed by atoms with Crippen LogP contribution in [0, 0.1) is 0 Å². The SMILES string of the molecule is CN=C(NCC(C)(C)c1ccc(OC)c(OC)c1)N1CCN(CC(=O)NC2CC2)CC1. The molecule has 8 nitrogen and oxygen atoms in total. The van der Waals surface area contributed by atoms with Crippen LogP contribution >= 0.6 is 0 Å². The van der Waals surface area contributed by atoms with E-state index >= 15 is 0 Å². The average Bonchev–Trinajstić information content (AvgIpc) is 3.58. The fourth-order valence-electron chi connectivity index (χ4n) is 3.81. The highest BCUT2D eigenvalue weighted by Gasteiger charge is 2.27. The van der Waals surface area contributed by atoms with Crippen LogP contribution in [0.2, 0.25) is 0 Å². The van der Waals surface area contributed by atoms with Crippen molar-refractivity contribution in [3.8, 4) is 11.5 Å². The number of guanidine groups is 1. The number of piperazine rings is 1. The molecular formula is C23H37N5O3. The Hall–Kier alpha value is -2.48. The van der Waals surface area contributed by atoms with Crippen molar-refractivity contribution in [1.29, 1.82) is 0 Å². The van der Waals surface area contributed by atoms with E-state index in [-0.39, 0.29) is 11.3 Å². The van der Waals surface area contributed by atoms with E-state index in [1.54, 1.807) is 14.2 Å². The van der Waals surface area contributed by atoms with E-state index in [9.17, 15) is 4.79 Å². The largest absolute Gasteiger partial charge is 0.493 e. The molecule has 3 rings (SSSR count). The van der Waals surface area contributed by atoms with Crippen LogP contribution in [0.3, 0.4) is 0 Å². The van der Waals surface area contributed by atoms with Crippen molar-refractivity contribution in [2.75, 3.05) is 60.5 Å². The lowest BCUT2D eigenvalue weighted by Crippen LogP contribution is -2.55. The van der Waals surface area contributed by atoms with E-state index in [1.807, 2.05) is 19.2 Å². The quantitative estimate of drug-likeness (QED) is 0.479. The lowest BCUT2D eigenvalue weighted by Gasteiger charge is -2.37. The Kier molecular flexibility index (Phi) is 7.64. The minimum atomic E-state index is -0.127. The van der Waals surface area contributed by atoms with Gasteiger partial charge in [-0.15, -0.1) is 0 Å². The Balaban J connectivity index is 1.51. The van der Waals surface area contributed by atoms with Crippen LogP contribution in [-0.4, -0.2) is 88.2 Å². The maximum Gasteiger partial charge on any atom is 0.234 e. The monoisotopic (exact) mass is 431 g/mol. The molecule has 2 fully saturated rings. The van der Waals surface area contributed by atoms with E-state index in [0.717, 1.165) is 63.0 Å². The highest BCUT2D eigenvalue weighted by molar-refractivity contribution is 5.80. The third-order valence-corrected chi connectivity index (χ3v) is 6.05. The first kappa shape index (κ1) is 23.2. The van der Waals surface area contributed by atoms with Gasteiger partial charge < -0.3 is 25.0 Å². The van der Waals surface area contributed by atoms with E-state index in [4.69, 9.17) is 9.47 Å². The van der Waals surface area contributed by atoms with Gasteiger partial charge in [0, 0.05) is 51.2 Å². The molecule has 0 spiro atoms. The molecule has 1 aromatic rings. The van der Waals surface area contributed by atoms with Gasteiger partial charge in [-0.25, -0.2) is 0 Å². The van der Waals surface area contributed by atoms with Crippen LogP contribution in [0.4, 0.5) is 0 Å². The fraction of sp³-hybridized carbons (Fsp3) is 0.652. The normalized spacial score (nSPS) is 18.0. The van der Waals surface area contributed by atoms with Crippen LogP contribution in [0.15, 0.2) is 23.2 Å². The van der Waals surface area contributed by atoms with Gasteiger partial charge in [0.2, 0.25) is 5.91 Å². The number of hydrogen-bond donors (Lipinski definition) is 2. The van der Waals surface area contributed by atoms with Gasteiger partial charge in [0.15, 0.2) is 17.5 Å². The van der Waals surface area contributed by atoms with Crippen LogP contribution in [0.5, 0.6) is 11.5 Å². The van der Waals surface area contributed by atoms with Crippen molar-refractivity contribution in [2.45, 2.75) is 38.1 Å². The minimum Gasteiger partial charge on any atom is -0.493 e. The van der Waals surface area contributed by atoms with Gasteiger partial charge >= 0.3 is 0 Å². The van der Waals surface area contributed by atoms with E-state index in [1.165, 1.54) is 5.56 Å². The van der Waals surface area contributed by atoms with E-state index < -0.39 is 0 Å². The molecule has 2 aliphatic rings. The number of aliphatic imine (C=N–C) groups is 1. The summed E-state index contributed by atoms with van der Waals surface area (Å²) in [7, 11) is 5.12. The van der Waals surface area contributed by atoms with Gasteiger partial charge in [0.1, 0.15) is 0 Å². The Morgan fingerprint density at radius 3 is 2.39 bits per heavy atom. The summed E-state index contributed by atoms with van der Waals surface area (Å²) in [6.45, 7) is 9.05. The Morgan fingerprint density at radius 1 is 1.13 bits per heavy atom. The summed E-state index contributed by atoms with van der Waals surface area (Å²) in [5, 5.41) is 6.61. The second-order valence-electron chi connectivity index (χ2n) is 8.96. The Morgan fingerprint density at radius 2 is 1.81 bits per heavy atom. The van der Waals surface area contributed by atoms with Gasteiger partial charge in [-0.2, -0.15) is 0 Å². The molecule has 31 heavy (non-hydrogen) atoms. The van der Waals surface area contributed by atoms with Crippen LogP contribution in [-0.2, 0) is 10.2 Å².